The quantitative estimate of drug-likeness (QED) is 0.513. The van der Waals surface area contributed by atoms with E-state index in [9.17, 15) is 4.79 Å². The summed E-state index contributed by atoms with van der Waals surface area (Å²) in [6, 6.07) is 16.4. The molecule has 0 unspecified atom stereocenters. The number of hydrogen-bond acceptors (Lipinski definition) is 6. The van der Waals surface area contributed by atoms with Gasteiger partial charge in [0, 0.05) is 26.7 Å². The van der Waals surface area contributed by atoms with E-state index in [1.54, 1.807) is 4.90 Å². The first-order chi connectivity index (χ1) is 15.5. The van der Waals surface area contributed by atoms with Crippen LogP contribution in [-0.2, 0) is 16.1 Å². The van der Waals surface area contributed by atoms with E-state index in [2.05, 4.69) is 47.1 Å². The Labute approximate surface area is 193 Å². The normalized spacial score (nSPS) is 13.9. The van der Waals surface area contributed by atoms with Crippen molar-refractivity contribution >= 4 is 23.6 Å². The zero-order valence-corrected chi connectivity index (χ0v) is 19.6. The van der Waals surface area contributed by atoms with Crippen LogP contribution in [0.2, 0.25) is 0 Å². The maximum absolute atomic E-state index is 12.9. The van der Waals surface area contributed by atoms with Gasteiger partial charge in [0.25, 0.3) is 0 Å². The van der Waals surface area contributed by atoms with Crippen molar-refractivity contribution in [1.82, 2.24) is 19.7 Å². The Kier molecular flexibility index (Phi) is 7.12. The predicted octanol–water partition coefficient (Wildman–Crippen LogP) is 3.47. The minimum absolute atomic E-state index is 0.0607. The van der Waals surface area contributed by atoms with Gasteiger partial charge in [-0.3, -0.25) is 9.36 Å². The average Bonchev–Trinajstić information content (AvgIpc) is 3.24. The van der Waals surface area contributed by atoms with Gasteiger partial charge >= 0.3 is 0 Å². The van der Waals surface area contributed by atoms with Crippen LogP contribution in [0.3, 0.4) is 0 Å². The molecule has 1 amide bonds. The zero-order valence-electron chi connectivity index (χ0n) is 18.8. The summed E-state index contributed by atoms with van der Waals surface area (Å²) in [7, 11) is 1.85. The summed E-state index contributed by atoms with van der Waals surface area (Å²) in [6.07, 6.45) is 0. The molecule has 32 heavy (non-hydrogen) atoms. The fourth-order valence-electron chi connectivity index (χ4n) is 3.73. The number of hydrogen-bond donors (Lipinski definition) is 0. The van der Waals surface area contributed by atoms with E-state index in [1.165, 1.54) is 28.5 Å². The predicted molar refractivity (Wildman–Crippen MR) is 128 cm³/mol. The Bertz CT molecular complexity index is 1060. The molecule has 168 valence electrons. The number of thioether (sulfide) groups is 1. The number of amides is 1. The molecule has 0 radical (unpaired) electrons. The van der Waals surface area contributed by atoms with E-state index in [-0.39, 0.29) is 5.91 Å². The fraction of sp³-hybridized carbons (Fsp3) is 0.375. The highest BCUT2D eigenvalue weighted by Gasteiger charge is 2.22. The Morgan fingerprint density at radius 1 is 1.09 bits per heavy atom. The molecule has 0 saturated carbocycles. The van der Waals surface area contributed by atoms with Crippen molar-refractivity contribution in [2.24, 2.45) is 0 Å². The van der Waals surface area contributed by atoms with Crippen LogP contribution in [0.1, 0.15) is 16.7 Å². The van der Waals surface area contributed by atoms with E-state index in [4.69, 9.17) is 4.74 Å². The molecule has 1 aliphatic rings. The van der Waals surface area contributed by atoms with Crippen molar-refractivity contribution in [3.05, 3.63) is 65.2 Å². The lowest BCUT2D eigenvalue weighted by atomic mass is 10.1. The van der Waals surface area contributed by atoms with Crippen molar-refractivity contribution in [3.8, 4) is 5.69 Å². The Balaban J connectivity index is 1.48. The maximum atomic E-state index is 12.9. The third-order valence-electron chi connectivity index (χ3n) is 5.58. The Hall–Kier alpha value is -2.84. The number of rotatable bonds is 7. The van der Waals surface area contributed by atoms with Crippen LogP contribution in [0.15, 0.2) is 53.7 Å². The second-order valence-corrected chi connectivity index (χ2v) is 8.96. The molecule has 0 N–H and O–H groups in total. The second kappa shape index (κ2) is 10.2. The third-order valence-corrected chi connectivity index (χ3v) is 6.49. The zero-order chi connectivity index (χ0) is 22.5. The van der Waals surface area contributed by atoms with Crippen LogP contribution in [0.5, 0.6) is 0 Å². The summed E-state index contributed by atoms with van der Waals surface area (Å²) in [5, 5.41) is 9.61. The molecular formula is C24H29N5O2S. The molecule has 3 aromatic rings. The molecule has 2 heterocycles. The van der Waals surface area contributed by atoms with Gasteiger partial charge in [0.2, 0.25) is 11.9 Å². The van der Waals surface area contributed by atoms with Gasteiger partial charge < -0.3 is 14.5 Å². The second-order valence-electron chi connectivity index (χ2n) is 8.02. The smallest absolute Gasteiger partial charge is 0.233 e. The number of anilines is 1. The first-order valence-electron chi connectivity index (χ1n) is 10.8. The van der Waals surface area contributed by atoms with Gasteiger partial charge in [-0.2, -0.15) is 0 Å². The number of morpholine rings is 1. The van der Waals surface area contributed by atoms with Crippen LogP contribution in [0.25, 0.3) is 5.69 Å². The largest absolute Gasteiger partial charge is 0.378 e. The Morgan fingerprint density at radius 2 is 1.84 bits per heavy atom. The third kappa shape index (κ3) is 5.14. The van der Waals surface area contributed by atoms with E-state index in [0.29, 0.717) is 30.7 Å². The van der Waals surface area contributed by atoms with Crippen molar-refractivity contribution < 1.29 is 9.53 Å². The number of benzene rings is 2. The van der Waals surface area contributed by atoms with E-state index in [0.717, 1.165) is 24.7 Å². The van der Waals surface area contributed by atoms with E-state index < -0.39 is 0 Å². The molecule has 2 aromatic carbocycles. The highest BCUT2D eigenvalue weighted by molar-refractivity contribution is 7.99. The maximum Gasteiger partial charge on any atom is 0.233 e. The van der Waals surface area contributed by atoms with Crippen LogP contribution in [0.4, 0.5) is 5.95 Å². The van der Waals surface area contributed by atoms with Gasteiger partial charge in [-0.1, -0.05) is 53.7 Å². The Morgan fingerprint density at radius 3 is 2.56 bits per heavy atom. The van der Waals surface area contributed by atoms with E-state index in [1.807, 2.05) is 41.9 Å². The summed E-state index contributed by atoms with van der Waals surface area (Å²) >= 11 is 1.42. The SMILES string of the molecule is Cc1ccc(CN(C)C(=O)CSc2nnc(N3CCOCC3)n2-c2ccccc2)c(C)c1. The molecule has 0 aliphatic carbocycles. The summed E-state index contributed by atoms with van der Waals surface area (Å²) in [6.45, 7) is 7.65. The van der Waals surface area contributed by atoms with Crippen LogP contribution in [0, 0.1) is 13.8 Å². The monoisotopic (exact) mass is 451 g/mol. The summed E-state index contributed by atoms with van der Waals surface area (Å²) in [4.78, 5) is 16.8. The fourth-order valence-corrected chi connectivity index (χ4v) is 4.62. The molecule has 0 spiro atoms. The molecule has 4 rings (SSSR count). The number of ether oxygens (including phenoxy) is 1. The minimum Gasteiger partial charge on any atom is -0.378 e. The molecule has 8 heteroatoms. The van der Waals surface area contributed by atoms with Gasteiger partial charge in [0.15, 0.2) is 5.16 Å². The number of carbonyl (C=O) groups is 1. The standard InChI is InChI=1S/C24H29N5O2S/c1-18-9-10-20(19(2)15-18)16-27(3)22(30)17-32-24-26-25-23(28-11-13-31-14-12-28)29(24)21-7-5-4-6-8-21/h4-10,15H,11-14,16-17H2,1-3H3. The lowest BCUT2D eigenvalue weighted by molar-refractivity contribution is -0.127. The summed E-state index contributed by atoms with van der Waals surface area (Å²) in [5.41, 5.74) is 4.58. The number of aromatic nitrogens is 3. The first-order valence-corrected chi connectivity index (χ1v) is 11.8. The van der Waals surface area contributed by atoms with Gasteiger partial charge in [-0.25, -0.2) is 0 Å². The van der Waals surface area contributed by atoms with E-state index >= 15 is 0 Å². The molecule has 7 nitrogen and oxygen atoms in total. The molecule has 1 aliphatic heterocycles. The highest BCUT2D eigenvalue weighted by Crippen LogP contribution is 2.27. The number of para-hydroxylation sites is 1. The molecule has 1 aromatic heterocycles. The minimum atomic E-state index is 0.0607. The summed E-state index contributed by atoms with van der Waals surface area (Å²) in [5.74, 6) is 1.15. The highest BCUT2D eigenvalue weighted by atomic mass is 32.2. The number of nitrogens with zero attached hydrogens (tertiary/aromatic N) is 5. The van der Waals surface area contributed by atoms with Crippen molar-refractivity contribution in [2.45, 2.75) is 25.5 Å². The van der Waals surface area contributed by atoms with Gasteiger partial charge in [-0.15, -0.1) is 10.2 Å². The number of aryl methyl sites for hydroxylation is 2. The number of carbonyl (C=O) groups excluding carboxylic acids is 1. The first kappa shape index (κ1) is 22.4. The van der Waals surface area contributed by atoms with Crippen molar-refractivity contribution in [1.29, 1.82) is 0 Å². The van der Waals surface area contributed by atoms with Gasteiger partial charge in [-0.05, 0) is 37.1 Å². The van der Waals surface area contributed by atoms with Crippen LogP contribution < -0.4 is 4.90 Å². The van der Waals surface area contributed by atoms with Gasteiger partial charge in [0.05, 0.1) is 24.7 Å². The van der Waals surface area contributed by atoms with Gasteiger partial charge in [0.1, 0.15) is 0 Å². The lowest BCUT2D eigenvalue weighted by Crippen LogP contribution is -2.37. The average molecular weight is 452 g/mol. The topological polar surface area (TPSA) is 63.5 Å². The van der Waals surface area contributed by atoms with Crippen molar-refractivity contribution in [2.75, 3.05) is 44.0 Å². The molecular weight excluding hydrogens is 422 g/mol. The van der Waals surface area contributed by atoms with Crippen molar-refractivity contribution in [3.63, 3.8) is 0 Å². The molecule has 0 atom stereocenters. The molecule has 0 bridgehead atoms. The molecule has 1 fully saturated rings. The summed E-state index contributed by atoms with van der Waals surface area (Å²) < 4.78 is 7.52. The van der Waals surface area contributed by atoms with Crippen LogP contribution >= 0.6 is 11.8 Å². The lowest BCUT2D eigenvalue weighted by Gasteiger charge is -2.28. The molecule has 1 saturated heterocycles. The van der Waals surface area contributed by atoms with Crippen LogP contribution in [-0.4, -0.2) is 64.7 Å².